The first kappa shape index (κ1) is 15.7. The predicted octanol–water partition coefficient (Wildman–Crippen LogP) is 3.75. The fourth-order valence-corrected chi connectivity index (χ4v) is 2.79. The quantitative estimate of drug-likeness (QED) is 0.931. The van der Waals surface area contributed by atoms with Crippen LogP contribution >= 0.6 is 11.6 Å². The van der Waals surface area contributed by atoms with Gasteiger partial charge in [-0.1, -0.05) is 24.6 Å². The number of rotatable bonds is 3. The van der Waals surface area contributed by atoms with Crippen LogP contribution in [0.2, 0.25) is 5.02 Å². The normalized spacial score (nSPS) is 15.5. The SMILES string of the molecule is CC1CCN(C(=O)c2ccc(Nc3cccc(Cl)c3)nn2)CC1. The highest BCUT2D eigenvalue weighted by atomic mass is 35.5. The summed E-state index contributed by atoms with van der Waals surface area (Å²) in [6.45, 7) is 3.81. The average Bonchev–Trinajstić information content (AvgIpc) is 2.56. The van der Waals surface area contributed by atoms with Crippen LogP contribution in [0.4, 0.5) is 11.5 Å². The smallest absolute Gasteiger partial charge is 0.274 e. The second kappa shape index (κ2) is 6.96. The molecule has 0 unspecified atom stereocenters. The number of carbonyl (C=O) groups excluding carboxylic acids is 1. The monoisotopic (exact) mass is 330 g/mol. The third kappa shape index (κ3) is 3.99. The molecule has 0 spiro atoms. The number of aromatic nitrogens is 2. The molecule has 0 saturated carbocycles. The Morgan fingerprint density at radius 1 is 1.22 bits per heavy atom. The second-order valence-electron chi connectivity index (χ2n) is 5.91. The number of carbonyl (C=O) groups is 1. The van der Waals surface area contributed by atoms with Gasteiger partial charge in [0.2, 0.25) is 0 Å². The molecule has 1 fully saturated rings. The van der Waals surface area contributed by atoms with Gasteiger partial charge in [0.25, 0.3) is 5.91 Å². The summed E-state index contributed by atoms with van der Waals surface area (Å²) in [5.74, 6) is 1.23. The van der Waals surface area contributed by atoms with Crippen LogP contribution in [0.25, 0.3) is 0 Å². The lowest BCUT2D eigenvalue weighted by molar-refractivity contribution is 0.0690. The third-order valence-electron chi connectivity index (χ3n) is 4.05. The molecule has 120 valence electrons. The number of likely N-dealkylation sites (tertiary alicyclic amines) is 1. The Morgan fingerprint density at radius 3 is 2.65 bits per heavy atom. The van der Waals surface area contributed by atoms with Crippen molar-refractivity contribution < 1.29 is 4.79 Å². The molecule has 1 amide bonds. The second-order valence-corrected chi connectivity index (χ2v) is 6.35. The molecule has 2 heterocycles. The van der Waals surface area contributed by atoms with Crippen LogP contribution in [-0.4, -0.2) is 34.1 Å². The molecule has 0 radical (unpaired) electrons. The Balaban J connectivity index is 1.66. The number of piperidine rings is 1. The maximum Gasteiger partial charge on any atom is 0.274 e. The zero-order valence-electron chi connectivity index (χ0n) is 13.0. The Kier molecular flexibility index (Phi) is 4.76. The first-order chi connectivity index (χ1) is 11.1. The fraction of sp³-hybridized carbons (Fsp3) is 0.353. The minimum atomic E-state index is -0.0429. The maximum atomic E-state index is 12.4. The molecular formula is C17H19ClN4O. The van der Waals surface area contributed by atoms with E-state index in [-0.39, 0.29) is 5.91 Å². The van der Waals surface area contributed by atoms with Gasteiger partial charge in [-0.05, 0) is 49.1 Å². The Hall–Kier alpha value is -2.14. The molecule has 0 bridgehead atoms. The van der Waals surface area contributed by atoms with E-state index in [1.165, 1.54) is 0 Å². The van der Waals surface area contributed by atoms with Crippen molar-refractivity contribution in [2.75, 3.05) is 18.4 Å². The summed E-state index contributed by atoms with van der Waals surface area (Å²) < 4.78 is 0. The minimum Gasteiger partial charge on any atom is -0.339 e. The number of hydrogen-bond acceptors (Lipinski definition) is 4. The van der Waals surface area contributed by atoms with Gasteiger partial charge in [-0.3, -0.25) is 4.79 Å². The number of halogens is 1. The van der Waals surface area contributed by atoms with Crippen molar-refractivity contribution >= 4 is 29.0 Å². The number of nitrogens with zero attached hydrogens (tertiary/aromatic N) is 3. The Labute approximate surface area is 140 Å². The number of hydrogen-bond donors (Lipinski definition) is 1. The number of amides is 1. The summed E-state index contributed by atoms with van der Waals surface area (Å²) in [5.41, 5.74) is 1.21. The number of benzene rings is 1. The lowest BCUT2D eigenvalue weighted by Gasteiger charge is -2.29. The molecule has 3 rings (SSSR count). The van der Waals surface area contributed by atoms with E-state index in [4.69, 9.17) is 11.6 Å². The predicted molar refractivity (Wildman–Crippen MR) is 91.1 cm³/mol. The summed E-state index contributed by atoms with van der Waals surface area (Å²) in [7, 11) is 0. The van der Waals surface area contributed by atoms with Gasteiger partial charge in [0.05, 0.1) is 0 Å². The van der Waals surface area contributed by atoms with Gasteiger partial charge >= 0.3 is 0 Å². The van der Waals surface area contributed by atoms with Crippen LogP contribution in [0.5, 0.6) is 0 Å². The average molecular weight is 331 g/mol. The molecule has 1 N–H and O–H groups in total. The van der Waals surface area contributed by atoms with E-state index in [9.17, 15) is 4.79 Å². The summed E-state index contributed by atoms with van der Waals surface area (Å²) in [4.78, 5) is 14.3. The molecule has 0 atom stereocenters. The first-order valence-electron chi connectivity index (χ1n) is 7.77. The van der Waals surface area contributed by atoms with Gasteiger partial charge in [-0.25, -0.2) is 0 Å². The van der Waals surface area contributed by atoms with Crippen molar-refractivity contribution in [3.63, 3.8) is 0 Å². The molecule has 23 heavy (non-hydrogen) atoms. The van der Waals surface area contributed by atoms with Crippen LogP contribution in [0.15, 0.2) is 36.4 Å². The standard InChI is InChI=1S/C17H19ClN4O/c1-12-7-9-22(10-8-12)17(23)15-5-6-16(21-20-15)19-14-4-2-3-13(18)11-14/h2-6,11-12H,7-10H2,1H3,(H,19,21). The van der Waals surface area contributed by atoms with Crippen molar-refractivity contribution in [3.05, 3.63) is 47.1 Å². The summed E-state index contributed by atoms with van der Waals surface area (Å²) >= 11 is 5.95. The largest absolute Gasteiger partial charge is 0.339 e. The maximum absolute atomic E-state index is 12.4. The molecule has 1 aromatic heterocycles. The summed E-state index contributed by atoms with van der Waals surface area (Å²) in [5, 5.41) is 11.9. The van der Waals surface area contributed by atoms with Gasteiger partial charge in [-0.2, -0.15) is 0 Å². The van der Waals surface area contributed by atoms with E-state index >= 15 is 0 Å². The number of nitrogens with one attached hydrogen (secondary N) is 1. The van der Waals surface area contributed by atoms with Crippen LogP contribution < -0.4 is 5.32 Å². The molecule has 5 nitrogen and oxygen atoms in total. The van der Waals surface area contributed by atoms with E-state index in [1.807, 2.05) is 17.0 Å². The van der Waals surface area contributed by atoms with Crippen molar-refractivity contribution in [2.45, 2.75) is 19.8 Å². The molecule has 1 aliphatic heterocycles. The first-order valence-corrected chi connectivity index (χ1v) is 8.15. The van der Waals surface area contributed by atoms with Crippen LogP contribution in [0.3, 0.4) is 0 Å². The van der Waals surface area contributed by atoms with Crippen molar-refractivity contribution in [1.82, 2.24) is 15.1 Å². The van der Waals surface area contributed by atoms with E-state index in [2.05, 4.69) is 22.4 Å². The van der Waals surface area contributed by atoms with Crippen LogP contribution in [0.1, 0.15) is 30.3 Å². The van der Waals surface area contributed by atoms with Crippen LogP contribution in [0, 0.1) is 5.92 Å². The van der Waals surface area contributed by atoms with Gasteiger partial charge in [0.1, 0.15) is 0 Å². The fourth-order valence-electron chi connectivity index (χ4n) is 2.60. The van der Waals surface area contributed by atoms with Crippen molar-refractivity contribution in [1.29, 1.82) is 0 Å². The van der Waals surface area contributed by atoms with E-state index in [1.54, 1.807) is 24.3 Å². The lowest BCUT2D eigenvalue weighted by atomic mass is 9.99. The van der Waals surface area contributed by atoms with E-state index < -0.39 is 0 Å². The highest BCUT2D eigenvalue weighted by Gasteiger charge is 2.22. The van der Waals surface area contributed by atoms with Gasteiger partial charge in [0, 0.05) is 23.8 Å². The van der Waals surface area contributed by atoms with Gasteiger partial charge in [0.15, 0.2) is 11.5 Å². The van der Waals surface area contributed by atoms with Gasteiger partial charge < -0.3 is 10.2 Å². The van der Waals surface area contributed by atoms with Crippen molar-refractivity contribution in [2.24, 2.45) is 5.92 Å². The molecule has 1 saturated heterocycles. The highest BCUT2D eigenvalue weighted by molar-refractivity contribution is 6.30. The lowest BCUT2D eigenvalue weighted by Crippen LogP contribution is -2.38. The molecular weight excluding hydrogens is 312 g/mol. The number of anilines is 2. The zero-order valence-corrected chi connectivity index (χ0v) is 13.8. The molecule has 1 aliphatic rings. The minimum absolute atomic E-state index is 0.0429. The van der Waals surface area contributed by atoms with Crippen molar-refractivity contribution in [3.8, 4) is 0 Å². The molecule has 0 aliphatic carbocycles. The zero-order chi connectivity index (χ0) is 16.2. The topological polar surface area (TPSA) is 58.1 Å². The highest BCUT2D eigenvalue weighted by Crippen LogP contribution is 2.20. The third-order valence-corrected chi connectivity index (χ3v) is 4.29. The molecule has 6 heteroatoms. The Bertz CT molecular complexity index is 681. The summed E-state index contributed by atoms with van der Waals surface area (Å²) in [6.07, 6.45) is 2.10. The van der Waals surface area contributed by atoms with Gasteiger partial charge in [-0.15, -0.1) is 10.2 Å². The molecule has 1 aromatic carbocycles. The molecule has 2 aromatic rings. The van der Waals surface area contributed by atoms with E-state index in [0.717, 1.165) is 31.6 Å². The van der Waals surface area contributed by atoms with Crippen LogP contribution in [-0.2, 0) is 0 Å². The summed E-state index contributed by atoms with van der Waals surface area (Å²) in [6, 6.07) is 10.8. The Morgan fingerprint density at radius 2 is 2.00 bits per heavy atom. The van der Waals surface area contributed by atoms with E-state index in [0.29, 0.717) is 22.5 Å².